The van der Waals surface area contributed by atoms with E-state index in [1.54, 1.807) is 14.2 Å². The van der Waals surface area contributed by atoms with Gasteiger partial charge in [0.15, 0.2) is 0 Å². The van der Waals surface area contributed by atoms with Gasteiger partial charge in [0, 0.05) is 5.56 Å². The van der Waals surface area contributed by atoms with E-state index >= 15 is 0 Å². The minimum atomic E-state index is -0.0386. The van der Waals surface area contributed by atoms with E-state index in [1.165, 1.54) is 6.42 Å². The largest absolute Gasteiger partial charge is 0.495 e. The van der Waals surface area contributed by atoms with Gasteiger partial charge in [0.25, 0.3) is 0 Å². The van der Waals surface area contributed by atoms with Gasteiger partial charge in [-0.3, -0.25) is 0 Å². The molecule has 3 unspecified atom stereocenters. The van der Waals surface area contributed by atoms with E-state index in [1.807, 2.05) is 12.1 Å². The molecule has 1 aliphatic carbocycles. The van der Waals surface area contributed by atoms with Crippen LogP contribution in [0.25, 0.3) is 0 Å². The lowest BCUT2D eigenvalue weighted by Gasteiger charge is -2.16. The molecule has 0 spiro atoms. The zero-order chi connectivity index (χ0) is 12.6. The smallest absolute Gasteiger partial charge is 0.145 e. The third kappa shape index (κ3) is 2.34. The van der Waals surface area contributed by atoms with Gasteiger partial charge < -0.3 is 9.47 Å². The van der Waals surface area contributed by atoms with Crippen LogP contribution in [0.5, 0.6) is 11.5 Å². The first-order valence-electron chi connectivity index (χ1n) is 5.64. The average Bonchev–Trinajstić information content (AvgIpc) is 3.05. The minimum Gasteiger partial charge on any atom is -0.495 e. The number of ether oxygens (including phenoxy) is 2. The molecule has 1 aliphatic rings. The maximum Gasteiger partial charge on any atom is 0.145 e. The highest BCUT2D eigenvalue weighted by atomic mass is 35.5. The maximum atomic E-state index is 6.47. The summed E-state index contributed by atoms with van der Waals surface area (Å²) in [6.45, 7) is 2.21. The molecule has 0 bridgehead atoms. The number of methoxy groups -OCH3 is 2. The average molecular weight is 275 g/mol. The molecule has 1 aromatic carbocycles. The molecule has 3 atom stereocenters. The van der Waals surface area contributed by atoms with Crippen LogP contribution in [0.2, 0.25) is 5.02 Å². The van der Waals surface area contributed by atoms with Crippen LogP contribution in [-0.2, 0) is 0 Å². The molecule has 0 saturated heterocycles. The molecule has 17 heavy (non-hydrogen) atoms. The molecule has 0 radical (unpaired) electrons. The predicted molar refractivity (Wildman–Crippen MR) is 70.4 cm³/mol. The van der Waals surface area contributed by atoms with Crippen molar-refractivity contribution < 1.29 is 9.47 Å². The van der Waals surface area contributed by atoms with Gasteiger partial charge in [-0.2, -0.15) is 0 Å². The number of hydrogen-bond acceptors (Lipinski definition) is 2. The van der Waals surface area contributed by atoms with Crippen molar-refractivity contribution in [1.82, 2.24) is 0 Å². The van der Waals surface area contributed by atoms with Gasteiger partial charge in [-0.25, -0.2) is 0 Å². The summed E-state index contributed by atoms with van der Waals surface area (Å²) in [4.78, 5) is 0. The molecule has 0 amide bonds. The molecule has 4 heteroatoms. The van der Waals surface area contributed by atoms with Crippen molar-refractivity contribution in [2.24, 2.45) is 11.8 Å². The highest BCUT2D eigenvalue weighted by Gasteiger charge is 2.40. The van der Waals surface area contributed by atoms with Crippen molar-refractivity contribution in [3.8, 4) is 11.5 Å². The minimum absolute atomic E-state index is 0.0386. The first kappa shape index (κ1) is 12.8. The highest BCUT2D eigenvalue weighted by Crippen LogP contribution is 2.53. The summed E-state index contributed by atoms with van der Waals surface area (Å²) in [5.41, 5.74) is 0.953. The fourth-order valence-electron chi connectivity index (χ4n) is 2.12. The van der Waals surface area contributed by atoms with E-state index in [9.17, 15) is 0 Å². The molecule has 1 aromatic rings. The van der Waals surface area contributed by atoms with Crippen LogP contribution in [0.1, 0.15) is 24.3 Å². The zero-order valence-electron chi connectivity index (χ0n) is 10.2. The van der Waals surface area contributed by atoms with Crippen LogP contribution in [0, 0.1) is 11.8 Å². The molecule has 0 heterocycles. The van der Waals surface area contributed by atoms with E-state index in [-0.39, 0.29) is 5.38 Å². The number of benzene rings is 1. The van der Waals surface area contributed by atoms with E-state index in [4.69, 9.17) is 32.7 Å². The van der Waals surface area contributed by atoms with Crippen molar-refractivity contribution in [1.29, 1.82) is 0 Å². The first-order chi connectivity index (χ1) is 8.10. The van der Waals surface area contributed by atoms with E-state index in [0.29, 0.717) is 28.4 Å². The van der Waals surface area contributed by atoms with Gasteiger partial charge in [-0.15, -0.1) is 11.6 Å². The molecule has 94 valence electrons. The second-order valence-electron chi connectivity index (χ2n) is 4.48. The Morgan fingerprint density at radius 3 is 2.41 bits per heavy atom. The fraction of sp³-hybridized carbons (Fsp3) is 0.538. The summed E-state index contributed by atoms with van der Waals surface area (Å²) < 4.78 is 10.5. The van der Waals surface area contributed by atoms with Crippen LogP contribution in [0.4, 0.5) is 0 Å². The van der Waals surface area contributed by atoms with Crippen molar-refractivity contribution in [3.05, 3.63) is 22.7 Å². The van der Waals surface area contributed by atoms with E-state index in [2.05, 4.69) is 6.92 Å². The lowest BCUT2D eigenvalue weighted by molar-refractivity contribution is 0.390. The van der Waals surface area contributed by atoms with Crippen molar-refractivity contribution in [2.45, 2.75) is 18.7 Å². The number of alkyl halides is 1. The maximum absolute atomic E-state index is 6.47. The monoisotopic (exact) mass is 274 g/mol. The van der Waals surface area contributed by atoms with Crippen LogP contribution >= 0.6 is 23.2 Å². The second-order valence-corrected chi connectivity index (χ2v) is 5.33. The van der Waals surface area contributed by atoms with Gasteiger partial charge in [0.05, 0.1) is 19.6 Å². The molecule has 2 nitrogen and oxygen atoms in total. The molecule has 1 saturated carbocycles. The summed E-state index contributed by atoms with van der Waals surface area (Å²) in [7, 11) is 3.19. The van der Waals surface area contributed by atoms with Crippen LogP contribution in [-0.4, -0.2) is 14.2 Å². The number of hydrogen-bond donors (Lipinski definition) is 0. The molecule has 1 fully saturated rings. The standard InChI is InChI=1S/C13H16Cl2O2/c1-7-6-9(7)11(14)8-4-5-10(16-2)12(15)13(8)17-3/h4-5,7,9,11H,6H2,1-3H3. The van der Waals surface area contributed by atoms with Crippen molar-refractivity contribution >= 4 is 23.2 Å². The van der Waals surface area contributed by atoms with Crippen LogP contribution in [0.15, 0.2) is 12.1 Å². The Kier molecular flexibility index (Phi) is 3.74. The predicted octanol–water partition coefficient (Wildman–Crippen LogP) is 4.29. The van der Waals surface area contributed by atoms with Crippen LogP contribution < -0.4 is 9.47 Å². The summed E-state index contributed by atoms with van der Waals surface area (Å²) >= 11 is 12.7. The van der Waals surface area contributed by atoms with Gasteiger partial charge in [0.2, 0.25) is 0 Å². The lowest BCUT2D eigenvalue weighted by Crippen LogP contribution is -2.00. The number of rotatable bonds is 4. The summed E-state index contributed by atoms with van der Waals surface area (Å²) in [5, 5.41) is 0.454. The first-order valence-corrected chi connectivity index (χ1v) is 6.46. The quantitative estimate of drug-likeness (QED) is 0.763. The summed E-state index contributed by atoms with van der Waals surface area (Å²) in [6.07, 6.45) is 1.17. The lowest BCUT2D eigenvalue weighted by atomic mass is 10.1. The zero-order valence-corrected chi connectivity index (χ0v) is 11.7. The third-order valence-corrected chi connectivity index (χ3v) is 4.28. The summed E-state index contributed by atoms with van der Waals surface area (Å²) in [5.74, 6) is 2.45. The molecular weight excluding hydrogens is 259 g/mol. The highest BCUT2D eigenvalue weighted by molar-refractivity contribution is 6.34. The van der Waals surface area contributed by atoms with Crippen LogP contribution in [0.3, 0.4) is 0 Å². The fourth-order valence-corrected chi connectivity index (χ4v) is 2.97. The Labute approximate surface area is 112 Å². The number of halogens is 2. The van der Waals surface area contributed by atoms with Crippen molar-refractivity contribution in [2.75, 3.05) is 14.2 Å². The Bertz CT molecular complexity index is 420. The topological polar surface area (TPSA) is 18.5 Å². The Morgan fingerprint density at radius 1 is 1.29 bits per heavy atom. The summed E-state index contributed by atoms with van der Waals surface area (Å²) in [6, 6.07) is 3.77. The third-order valence-electron chi connectivity index (χ3n) is 3.36. The van der Waals surface area contributed by atoms with Gasteiger partial charge in [0.1, 0.15) is 16.5 Å². The van der Waals surface area contributed by atoms with Crippen molar-refractivity contribution in [3.63, 3.8) is 0 Å². The molecule has 0 aromatic heterocycles. The van der Waals surface area contributed by atoms with Gasteiger partial charge in [-0.05, 0) is 24.3 Å². The van der Waals surface area contributed by atoms with Gasteiger partial charge >= 0.3 is 0 Å². The Balaban J connectivity index is 2.36. The second kappa shape index (κ2) is 4.95. The molecule has 2 rings (SSSR count). The van der Waals surface area contributed by atoms with Gasteiger partial charge in [-0.1, -0.05) is 24.6 Å². The Hall–Kier alpha value is -0.600. The van der Waals surface area contributed by atoms with E-state index in [0.717, 1.165) is 5.56 Å². The Morgan fingerprint density at radius 2 is 1.94 bits per heavy atom. The normalized spacial score (nSPS) is 24.3. The molecular formula is C13H16Cl2O2. The molecule has 0 N–H and O–H groups in total. The van der Waals surface area contributed by atoms with E-state index < -0.39 is 0 Å². The molecule has 0 aliphatic heterocycles. The SMILES string of the molecule is COc1ccc(C(Cl)C2CC2C)c(OC)c1Cl.